The van der Waals surface area contributed by atoms with Gasteiger partial charge in [-0.25, -0.2) is 8.42 Å². The molecular weight excluding hydrogens is 226 g/mol. The molecule has 4 nitrogen and oxygen atoms in total. The SMILES string of the molecule is C=CCOc1cccc(NS(=O)(=O)CC)c1. The van der Waals surface area contributed by atoms with Crippen LogP contribution in [0.15, 0.2) is 36.9 Å². The Hall–Kier alpha value is -1.49. The number of rotatable bonds is 6. The summed E-state index contributed by atoms with van der Waals surface area (Å²) in [5, 5.41) is 0. The highest BCUT2D eigenvalue weighted by molar-refractivity contribution is 7.92. The lowest BCUT2D eigenvalue weighted by molar-refractivity contribution is 0.363. The molecule has 88 valence electrons. The minimum Gasteiger partial charge on any atom is -0.489 e. The zero-order valence-corrected chi connectivity index (χ0v) is 9.96. The second kappa shape index (κ2) is 5.55. The van der Waals surface area contributed by atoms with Gasteiger partial charge in [0.1, 0.15) is 12.4 Å². The van der Waals surface area contributed by atoms with Crippen molar-refractivity contribution in [3.05, 3.63) is 36.9 Å². The van der Waals surface area contributed by atoms with E-state index in [1.54, 1.807) is 37.3 Å². The number of hydrogen-bond acceptors (Lipinski definition) is 3. The molecular formula is C11H15NO3S. The van der Waals surface area contributed by atoms with Gasteiger partial charge < -0.3 is 4.74 Å². The summed E-state index contributed by atoms with van der Waals surface area (Å²) < 4.78 is 30.4. The van der Waals surface area contributed by atoms with Crippen LogP contribution < -0.4 is 9.46 Å². The maximum Gasteiger partial charge on any atom is 0.232 e. The molecule has 1 aromatic carbocycles. The first kappa shape index (κ1) is 12.6. The van der Waals surface area contributed by atoms with Gasteiger partial charge >= 0.3 is 0 Å². The molecule has 0 saturated carbocycles. The summed E-state index contributed by atoms with van der Waals surface area (Å²) in [4.78, 5) is 0. The standard InChI is InChI=1S/C11H15NO3S/c1-3-8-15-11-7-5-6-10(9-11)12-16(13,14)4-2/h3,5-7,9,12H,1,4,8H2,2H3. The van der Waals surface area contributed by atoms with E-state index in [1.165, 1.54) is 0 Å². The molecule has 0 aliphatic rings. The van der Waals surface area contributed by atoms with Crippen LogP contribution in [0.3, 0.4) is 0 Å². The Bertz CT molecular complexity index is 454. The van der Waals surface area contributed by atoms with Crippen LogP contribution in [-0.2, 0) is 10.0 Å². The van der Waals surface area contributed by atoms with Crippen LogP contribution in [0.2, 0.25) is 0 Å². The zero-order chi connectivity index (χ0) is 12.0. The van der Waals surface area contributed by atoms with Crippen molar-refractivity contribution < 1.29 is 13.2 Å². The highest BCUT2D eigenvalue weighted by Gasteiger charge is 2.06. The molecule has 0 aromatic heterocycles. The Morgan fingerprint density at radius 3 is 2.88 bits per heavy atom. The maximum absolute atomic E-state index is 11.3. The first-order valence-corrected chi connectivity index (χ1v) is 6.57. The largest absolute Gasteiger partial charge is 0.489 e. The summed E-state index contributed by atoms with van der Waals surface area (Å²) in [5.74, 6) is 0.654. The smallest absolute Gasteiger partial charge is 0.232 e. The number of hydrogen-bond donors (Lipinski definition) is 1. The molecule has 0 atom stereocenters. The van der Waals surface area contributed by atoms with E-state index in [0.717, 1.165) is 0 Å². The molecule has 0 fully saturated rings. The Labute approximate surface area is 96.0 Å². The normalized spacial score (nSPS) is 10.8. The van der Waals surface area contributed by atoms with Crippen LogP contribution in [0, 0.1) is 0 Å². The first-order valence-electron chi connectivity index (χ1n) is 4.91. The summed E-state index contributed by atoms with van der Waals surface area (Å²) >= 11 is 0. The quantitative estimate of drug-likeness (QED) is 0.775. The number of benzene rings is 1. The van der Waals surface area contributed by atoms with Gasteiger partial charge in [-0.1, -0.05) is 18.7 Å². The summed E-state index contributed by atoms with van der Waals surface area (Å²) in [5.41, 5.74) is 0.503. The maximum atomic E-state index is 11.3. The van der Waals surface area contributed by atoms with Crippen molar-refractivity contribution in [2.24, 2.45) is 0 Å². The summed E-state index contributed by atoms with van der Waals surface area (Å²) in [6, 6.07) is 6.80. The Morgan fingerprint density at radius 1 is 1.50 bits per heavy atom. The van der Waals surface area contributed by atoms with E-state index in [4.69, 9.17) is 4.74 Å². The molecule has 0 aliphatic carbocycles. The summed E-state index contributed by atoms with van der Waals surface area (Å²) in [6.45, 7) is 5.51. The Kier molecular flexibility index (Phi) is 4.37. The molecule has 0 amide bonds. The van der Waals surface area contributed by atoms with E-state index in [0.29, 0.717) is 18.0 Å². The van der Waals surface area contributed by atoms with Gasteiger partial charge in [0, 0.05) is 6.07 Å². The van der Waals surface area contributed by atoms with Gasteiger partial charge in [0.15, 0.2) is 0 Å². The second-order valence-electron chi connectivity index (χ2n) is 3.13. The van der Waals surface area contributed by atoms with Crippen LogP contribution in [-0.4, -0.2) is 20.8 Å². The Balaban J connectivity index is 2.78. The highest BCUT2D eigenvalue weighted by atomic mass is 32.2. The summed E-state index contributed by atoms with van der Waals surface area (Å²) in [7, 11) is -3.24. The van der Waals surface area contributed by atoms with Crippen molar-refractivity contribution >= 4 is 15.7 Å². The number of ether oxygens (including phenoxy) is 1. The van der Waals surface area contributed by atoms with E-state index < -0.39 is 10.0 Å². The van der Waals surface area contributed by atoms with Crippen LogP contribution in [0.1, 0.15) is 6.92 Å². The van der Waals surface area contributed by atoms with E-state index in [9.17, 15) is 8.42 Å². The van der Waals surface area contributed by atoms with Gasteiger partial charge in [0.25, 0.3) is 0 Å². The average molecular weight is 241 g/mol. The zero-order valence-electron chi connectivity index (χ0n) is 9.14. The van der Waals surface area contributed by atoms with Crippen molar-refractivity contribution in [1.82, 2.24) is 0 Å². The molecule has 0 heterocycles. The number of anilines is 1. The molecule has 0 radical (unpaired) electrons. The second-order valence-corrected chi connectivity index (χ2v) is 5.14. The van der Waals surface area contributed by atoms with Gasteiger partial charge in [-0.2, -0.15) is 0 Å². The number of sulfonamides is 1. The first-order chi connectivity index (χ1) is 7.57. The van der Waals surface area contributed by atoms with Crippen LogP contribution in [0.4, 0.5) is 5.69 Å². The molecule has 0 bridgehead atoms. The third kappa shape index (κ3) is 3.94. The lowest BCUT2D eigenvalue weighted by Crippen LogP contribution is -2.14. The van der Waals surface area contributed by atoms with E-state index in [1.807, 2.05) is 0 Å². The molecule has 5 heteroatoms. The molecule has 0 aliphatic heterocycles. The fraction of sp³-hybridized carbons (Fsp3) is 0.273. The Morgan fingerprint density at radius 2 is 2.25 bits per heavy atom. The molecule has 1 aromatic rings. The van der Waals surface area contributed by atoms with Gasteiger partial charge in [0.05, 0.1) is 11.4 Å². The van der Waals surface area contributed by atoms with Gasteiger partial charge in [0.2, 0.25) is 10.0 Å². The average Bonchev–Trinajstić information content (AvgIpc) is 2.26. The van der Waals surface area contributed by atoms with E-state index in [2.05, 4.69) is 11.3 Å². The van der Waals surface area contributed by atoms with Gasteiger partial charge in [-0.3, -0.25) is 4.72 Å². The molecule has 0 saturated heterocycles. The van der Waals surface area contributed by atoms with Crippen molar-refractivity contribution in [2.75, 3.05) is 17.1 Å². The minimum absolute atomic E-state index is 0.0464. The summed E-state index contributed by atoms with van der Waals surface area (Å²) in [6.07, 6.45) is 1.63. The molecule has 1 rings (SSSR count). The van der Waals surface area contributed by atoms with Crippen LogP contribution >= 0.6 is 0 Å². The fourth-order valence-corrected chi connectivity index (χ4v) is 1.69. The lowest BCUT2D eigenvalue weighted by Gasteiger charge is -2.08. The third-order valence-electron chi connectivity index (χ3n) is 1.86. The highest BCUT2D eigenvalue weighted by Crippen LogP contribution is 2.18. The lowest BCUT2D eigenvalue weighted by atomic mass is 10.3. The van der Waals surface area contributed by atoms with Crippen LogP contribution in [0.5, 0.6) is 5.75 Å². The fourth-order valence-electron chi connectivity index (χ4n) is 1.06. The van der Waals surface area contributed by atoms with Crippen molar-refractivity contribution in [2.45, 2.75) is 6.92 Å². The molecule has 0 unspecified atom stereocenters. The third-order valence-corrected chi connectivity index (χ3v) is 3.16. The van der Waals surface area contributed by atoms with Crippen LogP contribution in [0.25, 0.3) is 0 Å². The van der Waals surface area contributed by atoms with E-state index in [-0.39, 0.29) is 5.75 Å². The topological polar surface area (TPSA) is 55.4 Å². The van der Waals surface area contributed by atoms with Crippen molar-refractivity contribution in [3.8, 4) is 5.75 Å². The molecule has 0 spiro atoms. The van der Waals surface area contributed by atoms with Crippen molar-refractivity contribution in [3.63, 3.8) is 0 Å². The minimum atomic E-state index is -3.24. The monoisotopic (exact) mass is 241 g/mol. The van der Waals surface area contributed by atoms with Crippen molar-refractivity contribution in [1.29, 1.82) is 0 Å². The predicted octanol–water partition coefficient (Wildman–Crippen LogP) is 2.01. The van der Waals surface area contributed by atoms with Gasteiger partial charge in [-0.05, 0) is 19.1 Å². The van der Waals surface area contributed by atoms with Gasteiger partial charge in [-0.15, -0.1) is 0 Å². The number of nitrogens with one attached hydrogen (secondary N) is 1. The predicted molar refractivity (Wildman–Crippen MR) is 65.2 cm³/mol. The van der Waals surface area contributed by atoms with E-state index >= 15 is 0 Å². The molecule has 16 heavy (non-hydrogen) atoms. The molecule has 1 N–H and O–H groups in total.